The van der Waals surface area contributed by atoms with Crippen LogP contribution in [0.5, 0.6) is 0 Å². The Morgan fingerprint density at radius 2 is 1.89 bits per heavy atom. The molecule has 0 saturated carbocycles. The van der Waals surface area contributed by atoms with E-state index < -0.39 is 5.41 Å². The number of rotatable bonds is 6. The highest BCUT2D eigenvalue weighted by Gasteiger charge is 2.23. The molecule has 0 aliphatic heterocycles. The molecule has 0 fully saturated rings. The summed E-state index contributed by atoms with van der Waals surface area (Å²) < 4.78 is 1.97. The van der Waals surface area contributed by atoms with Crippen molar-refractivity contribution in [3.8, 4) is 0 Å². The van der Waals surface area contributed by atoms with Crippen LogP contribution < -0.4 is 10.6 Å². The lowest BCUT2D eigenvalue weighted by Gasteiger charge is -2.16. The van der Waals surface area contributed by atoms with Crippen LogP contribution in [0.4, 0.5) is 5.00 Å². The number of hydrogen-bond acceptors (Lipinski definition) is 4. The molecule has 0 aromatic carbocycles. The lowest BCUT2D eigenvalue weighted by molar-refractivity contribution is -0.123. The van der Waals surface area contributed by atoms with Crippen molar-refractivity contribution in [3.05, 3.63) is 34.0 Å². The van der Waals surface area contributed by atoms with Crippen LogP contribution in [-0.4, -0.2) is 28.1 Å². The summed E-state index contributed by atoms with van der Waals surface area (Å²) in [5, 5.41) is 11.1. The summed E-state index contributed by atoms with van der Waals surface area (Å²) in [5.74, 6) is 0.0930. The quantitative estimate of drug-likeness (QED) is 0.785. The van der Waals surface area contributed by atoms with E-state index in [1.807, 2.05) is 58.4 Å². The molecule has 2 heterocycles. The molecule has 0 aliphatic rings. The van der Waals surface area contributed by atoms with Crippen LogP contribution in [-0.2, 0) is 11.3 Å². The van der Waals surface area contributed by atoms with Crippen molar-refractivity contribution in [1.82, 2.24) is 15.1 Å². The Bertz CT molecular complexity index is 830. The Morgan fingerprint density at radius 3 is 2.44 bits per heavy atom. The molecule has 6 nitrogen and oxygen atoms in total. The SMILES string of the molecule is Cc1cc(C)n(C[C@H](C)CNC(=O)c2sc(NC(=O)C(C)(C)C)cc2C)n1. The predicted molar refractivity (Wildman–Crippen MR) is 110 cm³/mol. The van der Waals surface area contributed by atoms with E-state index in [0.29, 0.717) is 16.4 Å². The van der Waals surface area contributed by atoms with Crippen molar-refractivity contribution >= 4 is 28.2 Å². The fourth-order valence-corrected chi connectivity index (χ4v) is 3.62. The Balaban J connectivity index is 1.94. The summed E-state index contributed by atoms with van der Waals surface area (Å²) >= 11 is 1.31. The first-order valence-corrected chi connectivity index (χ1v) is 10.00. The second kappa shape index (κ2) is 8.25. The van der Waals surface area contributed by atoms with E-state index in [-0.39, 0.29) is 17.7 Å². The number of carbonyl (C=O) groups excluding carboxylic acids is 2. The first-order valence-electron chi connectivity index (χ1n) is 9.18. The third kappa shape index (κ3) is 5.66. The Labute approximate surface area is 165 Å². The van der Waals surface area contributed by atoms with Crippen molar-refractivity contribution in [2.45, 2.75) is 55.0 Å². The third-order valence-corrected chi connectivity index (χ3v) is 5.39. The Morgan fingerprint density at radius 1 is 1.22 bits per heavy atom. The minimum absolute atomic E-state index is 0.0609. The Kier molecular flexibility index (Phi) is 6.46. The van der Waals surface area contributed by atoms with Crippen LogP contribution in [0.2, 0.25) is 0 Å². The molecule has 2 aromatic heterocycles. The minimum atomic E-state index is -0.473. The van der Waals surface area contributed by atoms with Gasteiger partial charge in [0, 0.05) is 24.2 Å². The van der Waals surface area contributed by atoms with Gasteiger partial charge in [-0.2, -0.15) is 5.10 Å². The first kappa shape index (κ1) is 21.2. The number of aromatic nitrogens is 2. The molecule has 27 heavy (non-hydrogen) atoms. The summed E-state index contributed by atoms with van der Waals surface area (Å²) in [7, 11) is 0. The molecule has 2 rings (SSSR count). The molecule has 1 atom stereocenters. The topological polar surface area (TPSA) is 76.0 Å². The number of thiophene rings is 1. The standard InChI is InChI=1S/C20H30N4O2S/c1-12(11-24-15(4)9-14(3)23-24)10-21-18(25)17-13(2)8-16(27-17)22-19(26)20(5,6)7/h8-9,12H,10-11H2,1-7H3,(H,21,25)(H,22,26)/t12-/m1/s1. The number of anilines is 1. The van der Waals surface area contributed by atoms with Crippen molar-refractivity contribution in [3.63, 3.8) is 0 Å². The van der Waals surface area contributed by atoms with Gasteiger partial charge in [-0.25, -0.2) is 0 Å². The second-order valence-electron chi connectivity index (χ2n) is 8.25. The maximum atomic E-state index is 12.6. The summed E-state index contributed by atoms with van der Waals surface area (Å²) in [5.41, 5.74) is 2.52. The number of nitrogens with zero attached hydrogens (tertiary/aromatic N) is 2. The van der Waals surface area contributed by atoms with Crippen molar-refractivity contribution in [2.75, 3.05) is 11.9 Å². The second-order valence-corrected chi connectivity index (χ2v) is 9.30. The van der Waals surface area contributed by atoms with Gasteiger partial charge in [0.2, 0.25) is 5.91 Å². The van der Waals surface area contributed by atoms with Gasteiger partial charge < -0.3 is 10.6 Å². The zero-order valence-electron chi connectivity index (χ0n) is 17.3. The van der Waals surface area contributed by atoms with Crippen molar-refractivity contribution < 1.29 is 9.59 Å². The van der Waals surface area contributed by atoms with Crippen LogP contribution in [0, 0.1) is 32.1 Å². The van der Waals surface area contributed by atoms with E-state index in [1.165, 1.54) is 11.3 Å². The van der Waals surface area contributed by atoms with E-state index in [1.54, 1.807) is 0 Å². The fourth-order valence-electron chi connectivity index (χ4n) is 2.64. The molecule has 2 N–H and O–H groups in total. The molecule has 0 bridgehead atoms. The van der Waals surface area contributed by atoms with E-state index in [2.05, 4.69) is 22.7 Å². The normalized spacial score (nSPS) is 12.7. The highest BCUT2D eigenvalue weighted by atomic mass is 32.1. The smallest absolute Gasteiger partial charge is 0.261 e. The molecule has 7 heteroatoms. The number of hydrogen-bond donors (Lipinski definition) is 2. The van der Waals surface area contributed by atoms with Gasteiger partial charge in [0.1, 0.15) is 0 Å². The summed E-state index contributed by atoms with van der Waals surface area (Å²) in [6.07, 6.45) is 0. The average Bonchev–Trinajstić information content (AvgIpc) is 3.06. The van der Waals surface area contributed by atoms with Crippen molar-refractivity contribution in [2.24, 2.45) is 11.3 Å². The molecule has 2 aromatic rings. The summed E-state index contributed by atoms with van der Waals surface area (Å²) in [4.78, 5) is 25.3. The van der Waals surface area contributed by atoms with Gasteiger partial charge in [-0.05, 0) is 44.4 Å². The van der Waals surface area contributed by atoms with Gasteiger partial charge in [0.05, 0.1) is 15.6 Å². The minimum Gasteiger partial charge on any atom is -0.351 e. The van der Waals surface area contributed by atoms with Crippen LogP contribution in [0.25, 0.3) is 0 Å². The molecule has 148 valence electrons. The highest BCUT2D eigenvalue weighted by molar-refractivity contribution is 7.18. The van der Waals surface area contributed by atoms with Crippen LogP contribution in [0.1, 0.15) is 54.3 Å². The molecular formula is C20H30N4O2S. The van der Waals surface area contributed by atoms with Gasteiger partial charge in [-0.3, -0.25) is 14.3 Å². The van der Waals surface area contributed by atoms with E-state index >= 15 is 0 Å². The number of carbonyl (C=O) groups is 2. The third-order valence-electron chi connectivity index (χ3n) is 4.24. The van der Waals surface area contributed by atoms with Gasteiger partial charge in [-0.15, -0.1) is 11.3 Å². The maximum absolute atomic E-state index is 12.6. The zero-order chi connectivity index (χ0) is 20.4. The maximum Gasteiger partial charge on any atom is 0.261 e. The van der Waals surface area contributed by atoms with Gasteiger partial charge in [0.25, 0.3) is 5.91 Å². The number of nitrogens with one attached hydrogen (secondary N) is 2. The van der Waals surface area contributed by atoms with Crippen molar-refractivity contribution in [1.29, 1.82) is 0 Å². The van der Waals surface area contributed by atoms with Crippen LogP contribution >= 0.6 is 11.3 Å². The fraction of sp³-hybridized carbons (Fsp3) is 0.550. The lowest BCUT2D eigenvalue weighted by Crippen LogP contribution is -2.30. The number of aryl methyl sites for hydroxylation is 3. The summed E-state index contributed by atoms with van der Waals surface area (Å²) in [6.45, 7) is 14.9. The van der Waals surface area contributed by atoms with Gasteiger partial charge >= 0.3 is 0 Å². The summed E-state index contributed by atoms with van der Waals surface area (Å²) in [6, 6.07) is 3.90. The molecule has 0 spiro atoms. The van der Waals surface area contributed by atoms with Crippen LogP contribution in [0.3, 0.4) is 0 Å². The Hall–Kier alpha value is -2.15. The van der Waals surface area contributed by atoms with E-state index in [9.17, 15) is 9.59 Å². The van der Waals surface area contributed by atoms with E-state index in [0.717, 1.165) is 23.5 Å². The predicted octanol–water partition coefficient (Wildman–Crippen LogP) is 3.92. The van der Waals surface area contributed by atoms with E-state index in [4.69, 9.17) is 0 Å². The molecule has 2 amide bonds. The highest BCUT2D eigenvalue weighted by Crippen LogP contribution is 2.28. The molecular weight excluding hydrogens is 360 g/mol. The zero-order valence-corrected chi connectivity index (χ0v) is 18.1. The molecule has 0 radical (unpaired) electrons. The lowest BCUT2D eigenvalue weighted by atomic mass is 9.96. The molecule has 0 saturated heterocycles. The molecule has 0 unspecified atom stereocenters. The van der Waals surface area contributed by atoms with Gasteiger partial charge in [0.15, 0.2) is 0 Å². The average molecular weight is 391 g/mol. The monoisotopic (exact) mass is 390 g/mol. The van der Waals surface area contributed by atoms with Crippen LogP contribution in [0.15, 0.2) is 12.1 Å². The first-order chi connectivity index (χ1) is 12.5. The largest absolute Gasteiger partial charge is 0.351 e. The molecule has 0 aliphatic carbocycles. The number of amides is 2. The van der Waals surface area contributed by atoms with Gasteiger partial charge in [-0.1, -0.05) is 27.7 Å².